The molecule has 0 aromatic heterocycles. The van der Waals surface area contributed by atoms with E-state index in [9.17, 15) is 14.7 Å². The first-order chi connectivity index (χ1) is 13.7. The minimum atomic E-state index is -1.12. The second-order valence-electron chi connectivity index (χ2n) is 7.56. The average molecular weight is 399 g/mol. The first-order valence-corrected chi connectivity index (χ1v) is 9.11. The number of hydrogen-bond donors (Lipinski definition) is 6. The SMILES string of the molecule is CC(C)(N)[C@H](NC(=O)c1ccc(C#CC#CC2CC2C(O)CO)cc1)C(=O)NO. The van der Waals surface area contributed by atoms with Gasteiger partial charge < -0.3 is 21.3 Å². The zero-order chi connectivity index (χ0) is 21.6. The van der Waals surface area contributed by atoms with Crippen LogP contribution in [0.15, 0.2) is 24.3 Å². The molecular formula is C21H25N3O5. The van der Waals surface area contributed by atoms with Crippen LogP contribution in [0.1, 0.15) is 36.2 Å². The Labute approximate surface area is 169 Å². The highest BCUT2D eigenvalue weighted by molar-refractivity contribution is 5.97. The number of aliphatic hydroxyl groups is 2. The summed E-state index contributed by atoms with van der Waals surface area (Å²) in [5.41, 5.74) is 7.27. The first-order valence-electron chi connectivity index (χ1n) is 9.11. The molecule has 1 aromatic carbocycles. The van der Waals surface area contributed by atoms with Crippen LogP contribution in [0.5, 0.6) is 0 Å². The summed E-state index contributed by atoms with van der Waals surface area (Å²) in [4.78, 5) is 24.1. The van der Waals surface area contributed by atoms with Crippen molar-refractivity contribution in [1.29, 1.82) is 0 Å². The molecule has 154 valence electrons. The van der Waals surface area contributed by atoms with Crippen molar-refractivity contribution in [2.24, 2.45) is 17.6 Å². The Morgan fingerprint density at radius 2 is 1.93 bits per heavy atom. The van der Waals surface area contributed by atoms with Crippen molar-refractivity contribution in [3.63, 3.8) is 0 Å². The van der Waals surface area contributed by atoms with Crippen molar-refractivity contribution < 1.29 is 25.0 Å². The van der Waals surface area contributed by atoms with Gasteiger partial charge in [0, 0.05) is 28.5 Å². The van der Waals surface area contributed by atoms with Crippen molar-refractivity contribution in [3.8, 4) is 23.7 Å². The minimum Gasteiger partial charge on any atom is -0.394 e. The van der Waals surface area contributed by atoms with Crippen LogP contribution < -0.4 is 16.5 Å². The number of aliphatic hydroxyl groups excluding tert-OH is 2. The second-order valence-corrected chi connectivity index (χ2v) is 7.56. The number of hydroxylamine groups is 1. The van der Waals surface area contributed by atoms with Crippen molar-refractivity contribution in [1.82, 2.24) is 10.8 Å². The first kappa shape index (κ1) is 22.4. The molecule has 0 spiro atoms. The highest BCUT2D eigenvalue weighted by Crippen LogP contribution is 2.40. The van der Waals surface area contributed by atoms with Gasteiger partial charge in [0.2, 0.25) is 0 Å². The number of nitrogens with two attached hydrogens (primary N) is 1. The lowest BCUT2D eigenvalue weighted by Crippen LogP contribution is -2.61. The van der Waals surface area contributed by atoms with Crippen LogP contribution in [0.2, 0.25) is 0 Å². The minimum absolute atomic E-state index is 0.0161. The molecular weight excluding hydrogens is 374 g/mol. The molecule has 2 amide bonds. The third kappa shape index (κ3) is 6.31. The lowest BCUT2D eigenvalue weighted by molar-refractivity contribution is -0.132. The van der Waals surface area contributed by atoms with Crippen molar-refractivity contribution in [2.75, 3.05) is 6.61 Å². The molecule has 1 aliphatic rings. The van der Waals surface area contributed by atoms with E-state index in [1.165, 1.54) is 5.48 Å². The van der Waals surface area contributed by atoms with Crippen LogP contribution in [0.3, 0.4) is 0 Å². The Morgan fingerprint density at radius 1 is 1.28 bits per heavy atom. The summed E-state index contributed by atoms with van der Waals surface area (Å²) in [7, 11) is 0. The van der Waals surface area contributed by atoms with Gasteiger partial charge in [0.25, 0.3) is 11.8 Å². The van der Waals surface area contributed by atoms with E-state index in [0.717, 1.165) is 6.42 Å². The highest BCUT2D eigenvalue weighted by atomic mass is 16.5. The third-order valence-corrected chi connectivity index (χ3v) is 4.59. The summed E-state index contributed by atoms with van der Waals surface area (Å²) >= 11 is 0. The maximum absolute atomic E-state index is 12.4. The van der Waals surface area contributed by atoms with E-state index in [-0.39, 0.29) is 18.4 Å². The van der Waals surface area contributed by atoms with Gasteiger partial charge in [-0.3, -0.25) is 14.8 Å². The smallest absolute Gasteiger partial charge is 0.267 e. The molecule has 3 unspecified atom stereocenters. The Kier molecular flexibility index (Phi) is 7.38. The summed E-state index contributed by atoms with van der Waals surface area (Å²) in [6.07, 6.45) is 0.0311. The number of benzene rings is 1. The van der Waals surface area contributed by atoms with Gasteiger partial charge in [0.05, 0.1) is 12.7 Å². The lowest BCUT2D eigenvalue weighted by atomic mass is 9.95. The molecule has 8 nitrogen and oxygen atoms in total. The molecule has 1 saturated carbocycles. The number of carbonyl (C=O) groups is 2. The van der Waals surface area contributed by atoms with Gasteiger partial charge in [0.1, 0.15) is 6.04 Å². The van der Waals surface area contributed by atoms with Gasteiger partial charge in [-0.05, 0) is 56.4 Å². The van der Waals surface area contributed by atoms with Crippen molar-refractivity contribution in [2.45, 2.75) is 38.0 Å². The molecule has 7 N–H and O–H groups in total. The van der Waals surface area contributed by atoms with E-state index in [1.807, 2.05) is 0 Å². The molecule has 4 atom stereocenters. The van der Waals surface area contributed by atoms with E-state index in [4.69, 9.17) is 16.0 Å². The highest BCUT2D eigenvalue weighted by Gasteiger charge is 2.41. The maximum Gasteiger partial charge on any atom is 0.267 e. The van der Waals surface area contributed by atoms with Gasteiger partial charge in [-0.25, -0.2) is 5.48 Å². The average Bonchev–Trinajstić information content (AvgIpc) is 3.47. The van der Waals surface area contributed by atoms with Crippen LogP contribution in [0.4, 0.5) is 0 Å². The summed E-state index contributed by atoms with van der Waals surface area (Å²) in [5, 5.41) is 29.7. The molecule has 1 aromatic rings. The van der Waals surface area contributed by atoms with Gasteiger partial charge in [0.15, 0.2) is 0 Å². The molecule has 0 heterocycles. The summed E-state index contributed by atoms with van der Waals surface area (Å²) in [5.74, 6) is 10.0. The quantitative estimate of drug-likeness (QED) is 0.213. The molecule has 1 fully saturated rings. The molecule has 29 heavy (non-hydrogen) atoms. The van der Waals surface area contributed by atoms with E-state index in [0.29, 0.717) is 11.1 Å². The van der Waals surface area contributed by atoms with Gasteiger partial charge >= 0.3 is 0 Å². The van der Waals surface area contributed by atoms with E-state index < -0.39 is 29.5 Å². The number of carbonyl (C=O) groups excluding carboxylic acids is 2. The molecule has 8 heteroatoms. The number of nitrogens with one attached hydrogen (secondary N) is 2. The van der Waals surface area contributed by atoms with E-state index in [2.05, 4.69) is 29.0 Å². The van der Waals surface area contributed by atoms with Gasteiger partial charge in [-0.2, -0.15) is 0 Å². The van der Waals surface area contributed by atoms with Crippen LogP contribution in [0.25, 0.3) is 0 Å². The zero-order valence-corrected chi connectivity index (χ0v) is 16.3. The molecule has 0 bridgehead atoms. The predicted molar refractivity (Wildman–Crippen MR) is 105 cm³/mol. The topological polar surface area (TPSA) is 145 Å². The van der Waals surface area contributed by atoms with Gasteiger partial charge in [-0.1, -0.05) is 11.8 Å². The monoisotopic (exact) mass is 399 g/mol. The van der Waals surface area contributed by atoms with Crippen molar-refractivity contribution >= 4 is 11.8 Å². The van der Waals surface area contributed by atoms with Gasteiger partial charge in [-0.15, -0.1) is 0 Å². The molecule has 0 saturated heterocycles. The van der Waals surface area contributed by atoms with Crippen LogP contribution in [-0.4, -0.2) is 51.5 Å². The largest absolute Gasteiger partial charge is 0.394 e. The maximum atomic E-state index is 12.4. The molecule has 1 aliphatic carbocycles. The predicted octanol–water partition coefficient (Wildman–Crippen LogP) is -0.628. The Bertz CT molecular complexity index is 868. The van der Waals surface area contributed by atoms with Crippen LogP contribution in [-0.2, 0) is 4.79 Å². The van der Waals surface area contributed by atoms with E-state index >= 15 is 0 Å². The fourth-order valence-electron chi connectivity index (χ4n) is 2.75. The third-order valence-electron chi connectivity index (χ3n) is 4.59. The fraction of sp³-hybridized carbons (Fsp3) is 0.429. The second kappa shape index (κ2) is 9.55. The Balaban J connectivity index is 1.97. The Morgan fingerprint density at radius 3 is 2.48 bits per heavy atom. The number of amides is 2. The van der Waals surface area contributed by atoms with Crippen molar-refractivity contribution in [3.05, 3.63) is 35.4 Å². The number of rotatable bonds is 6. The normalized spacial score (nSPS) is 19.5. The summed E-state index contributed by atoms with van der Waals surface area (Å²) in [6, 6.07) is 5.28. The molecule has 0 aliphatic heterocycles. The fourth-order valence-corrected chi connectivity index (χ4v) is 2.75. The van der Waals surface area contributed by atoms with Crippen LogP contribution in [0, 0.1) is 35.5 Å². The van der Waals surface area contributed by atoms with E-state index in [1.54, 1.807) is 38.1 Å². The Hall–Kier alpha value is -2.88. The standard InChI is InChI=1S/C21H25N3O5/c1-21(2,22)18(20(28)24-29)23-19(27)14-9-7-13(8-10-14)5-3-4-6-15-11-16(15)17(26)12-25/h7-10,15-18,25-26,29H,11-12,22H2,1-2H3,(H,23,27)(H,24,28)/t15?,16?,17?,18-/m1/s1. The zero-order valence-electron chi connectivity index (χ0n) is 16.3. The number of hydrogen-bond acceptors (Lipinski definition) is 6. The molecule has 2 rings (SSSR count). The summed E-state index contributed by atoms with van der Waals surface area (Å²) < 4.78 is 0. The molecule has 0 radical (unpaired) electrons. The lowest BCUT2D eigenvalue weighted by Gasteiger charge is -2.29. The summed E-state index contributed by atoms with van der Waals surface area (Å²) in [6.45, 7) is 2.85. The van der Waals surface area contributed by atoms with Crippen LogP contribution >= 0.6 is 0 Å².